The molecule has 1 saturated heterocycles. The summed E-state index contributed by atoms with van der Waals surface area (Å²) in [4.78, 5) is 9.72. The van der Waals surface area contributed by atoms with E-state index in [1.54, 1.807) is 30.1 Å². The molecule has 11 heteroatoms. The van der Waals surface area contributed by atoms with Crippen LogP contribution in [-0.2, 0) is 12.5 Å². The van der Waals surface area contributed by atoms with E-state index >= 15 is 0 Å². The predicted octanol–water partition coefficient (Wildman–Crippen LogP) is 3.23. The molecule has 1 aliphatic rings. The highest BCUT2D eigenvalue weighted by molar-refractivity contribution is 6.32. The van der Waals surface area contributed by atoms with E-state index in [0.717, 1.165) is 0 Å². The number of halogens is 4. The minimum atomic E-state index is -4.57. The molecule has 0 N–H and O–H groups in total. The molecule has 0 aliphatic carbocycles. The van der Waals surface area contributed by atoms with Crippen LogP contribution in [0.15, 0.2) is 35.1 Å². The Bertz CT molecular complexity index is 957. The maximum atomic E-state index is 14.1. The second-order valence-corrected chi connectivity index (χ2v) is 6.69. The molecule has 1 atom stereocenters. The van der Waals surface area contributed by atoms with Crippen molar-refractivity contribution in [2.75, 3.05) is 18.0 Å². The topological polar surface area (TPSA) is 72.9 Å². The number of hydrogen-bond acceptors (Lipinski definition) is 6. The highest BCUT2D eigenvalue weighted by atomic mass is 35.5. The number of pyridine rings is 1. The Morgan fingerprint density at radius 1 is 1.30 bits per heavy atom. The van der Waals surface area contributed by atoms with E-state index in [-0.39, 0.29) is 30.5 Å². The molecule has 0 spiro atoms. The van der Waals surface area contributed by atoms with Crippen LogP contribution in [-0.4, -0.2) is 44.2 Å². The molecule has 142 valence electrons. The van der Waals surface area contributed by atoms with Gasteiger partial charge >= 0.3 is 6.18 Å². The first kappa shape index (κ1) is 17.8. The van der Waals surface area contributed by atoms with Crippen LogP contribution in [0.4, 0.5) is 19.0 Å². The van der Waals surface area contributed by atoms with Crippen molar-refractivity contribution in [3.63, 3.8) is 0 Å². The Labute approximate surface area is 156 Å². The van der Waals surface area contributed by atoms with Gasteiger partial charge in [-0.2, -0.15) is 23.3 Å². The fraction of sp³-hybridized carbons (Fsp3) is 0.375. The van der Waals surface area contributed by atoms with E-state index in [4.69, 9.17) is 16.1 Å². The number of aromatic nitrogens is 5. The lowest BCUT2D eigenvalue weighted by atomic mass is 9.86. The van der Waals surface area contributed by atoms with Crippen molar-refractivity contribution in [3.8, 4) is 11.4 Å². The molecule has 0 bridgehead atoms. The molecule has 0 amide bonds. The van der Waals surface area contributed by atoms with Gasteiger partial charge in [-0.1, -0.05) is 22.8 Å². The third-order valence-corrected chi connectivity index (χ3v) is 5.18. The second-order valence-electron chi connectivity index (χ2n) is 6.34. The lowest BCUT2D eigenvalue weighted by molar-refractivity contribution is -0.191. The molecule has 1 aliphatic heterocycles. The van der Waals surface area contributed by atoms with E-state index < -0.39 is 17.5 Å². The first-order valence-electron chi connectivity index (χ1n) is 8.06. The second kappa shape index (κ2) is 6.22. The van der Waals surface area contributed by atoms with Gasteiger partial charge in [-0.05, 0) is 18.6 Å². The van der Waals surface area contributed by atoms with Gasteiger partial charge in [0.15, 0.2) is 5.41 Å². The lowest BCUT2D eigenvalue weighted by Gasteiger charge is -2.28. The van der Waals surface area contributed by atoms with Gasteiger partial charge in [-0.15, -0.1) is 0 Å². The molecule has 0 radical (unpaired) electrons. The summed E-state index contributed by atoms with van der Waals surface area (Å²) < 4.78 is 48.6. The average molecular weight is 399 g/mol. The normalized spacial score (nSPS) is 20.4. The number of aryl methyl sites for hydroxylation is 1. The standard InChI is InChI=1S/C16H14ClF3N6O/c1-25-12(17)10(8-22-25)13-23-14(27-24-13)15(16(18,19)20)5-7-26(9-15)11-4-2-3-6-21-11/h2-4,6,8H,5,7,9H2,1H3. The Morgan fingerprint density at radius 3 is 2.74 bits per heavy atom. The quantitative estimate of drug-likeness (QED) is 0.674. The van der Waals surface area contributed by atoms with Gasteiger partial charge in [0.2, 0.25) is 11.7 Å². The summed E-state index contributed by atoms with van der Waals surface area (Å²) in [5, 5.41) is 7.86. The van der Waals surface area contributed by atoms with Crippen LogP contribution in [0.1, 0.15) is 12.3 Å². The van der Waals surface area contributed by atoms with Crippen LogP contribution < -0.4 is 4.90 Å². The average Bonchev–Trinajstić information content (AvgIpc) is 3.35. The number of hydrogen-bond donors (Lipinski definition) is 0. The van der Waals surface area contributed by atoms with E-state index in [0.29, 0.717) is 11.4 Å². The van der Waals surface area contributed by atoms with Gasteiger partial charge < -0.3 is 9.42 Å². The molecule has 3 aromatic heterocycles. The van der Waals surface area contributed by atoms with Crippen LogP contribution in [0.2, 0.25) is 5.15 Å². The minimum absolute atomic E-state index is 0.0250. The van der Waals surface area contributed by atoms with Crippen LogP contribution in [0, 0.1) is 0 Å². The smallest absolute Gasteiger partial charge is 0.355 e. The highest BCUT2D eigenvalue weighted by Crippen LogP contribution is 2.48. The summed E-state index contributed by atoms with van der Waals surface area (Å²) in [5.41, 5.74) is -1.96. The molecule has 0 saturated carbocycles. The SMILES string of the molecule is Cn1ncc(-c2noc(C3(C(F)(F)F)CCN(c4ccccn4)C3)n2)c1Cl. The van der Waals surface area contributed by atoms with E-state index in [2.05, 4.69) is 20.2 Å². The molecule has 7 nitrogen and oxygen atoms in total. The molecule has 4 rings (SSSR count). The van der Waals surface area contributed by atoms with Crippen LogP contribution >= 0.6 is 11.6 Å². The van der Waals surface area contributed by atoms with Crippen molar-refractivity contribution < 1.29 is 17.7 Å². The Kier molecular flexibility index (Phi) is 4.10. The van der Waals surface area contributed by atoms with E-state index in [1.807, 2.05) is 0 Å². The molecule has 27 heavy (non-hydrogen) atoms. The predicted molar refractivity (Wildman–Crippen MR) is 90.3 cm³/mol. The summed E-state index contributed by atoms with van der Waals surface area (Å²) >= 11 is 6.08. The van der Waals surface area contributed by atoms with Crippen LogP contribution in [0.25, 0.3) is 11.4 Å². The molecule has 1 fully saturated rings. The minimum Gasteiger partial charge on any atom is -0.355 e. The summed E-state index contributed by atoms with van der Waals surface area (Å²) in [6.45, 7) is -0.183. The van der Waals surface area contributed by atoms with Crippen LogP contribution in [0.5, 0.6) is 0 Å². The zero-order valence-corrected chi connectivity index (χ0v) is 14.9. The third kappa shape index (κ3) is 2.84. The number of rotatable bonds is 3. The monoisotopic (exact) mass is 398 g/mol. The van der Waals surface area contributed by atoms with Gasteiger partial charge in [0.1, 0.15) is 11.0 Å². The molecular formula is C16H14ClF3N6O. The van der Waals surface area contributed by atoms with Gasteiger partial charge in [0.25, 0.3) is 0 Å². The van der Waals surface area contributed by atoms with Crippen molar-refractivity contribution >= 4 is 17.4 Å². The summed E-state index contributed by atoms with van der Waals surface area (Å²) in [6, 6.07) is 5.10. The zero-order valence-electron chi connectivity index (χ0n) is 14.1. The fourth-order valence-corrected chi connectivity index (χ4v) is 3.35. The summed E-state index contributed by atoms with van der Waals surface area (Å²) in [5.74, 6) is -0.0370. The van der Waals surface area contributed by atoms with Crippen molar-refractivity contribution in [2.45, 2.75) is 18.0 Å². The lowest BCUT2D eigenvalue weighted by Crippen LogP contribution is -2.45. The Balaban J connectivity index is 1.71. The van der Waals surface area contributed by atoms with Crippen molar-refractivity contribution in [3.05, 3.63) is 41.6 Å². The van der Waals surface area contributed by atoms with Gasteiger partial charge in [-0.3, -0.25) is 4.68 Å². The largest absolute Gasteiger partial charge is 0.405 e. The van der Waals surface area contributed by atoms with Crippen LogP contribution in [0.3, 0.4) is 0 Å². The summed E-state index contributed by atoms with van der Waals surface area (Å²) in [6.07, 6.45) is -1.86. The number of alkyl halides is 3. The molecule has 4 heterocycles. The molecule has 1 unspecified atom stereocenters. The van der Waals surface area contributed by atoms with Crippen molar-refractivity contribution in [1.82, 2.24) is 24.9 Å². The van der Waals surface area contributed by atoms with Crippen molar-refractivity contribution in [2.24, 2.45) is 7.05 Å². The highest BCUT2D eigenvalue weighted by Gasteiger charge is 2.63. The van der Waals surface area contributed by atoms with Crippen molar-refractivity contribution in [1.29, 1.82) is 0 Å². The number of anilines is 1. The Hall–Kier alpha value is -2.62. The maximum Gasteiger partial charge on any atom is 0.405 e. The third-order valence-electron chi connectivity index (χ3n) is 4.73. The number of nitrogens with zero attached hydrogens (tertiary/aromatic N) is 6. The molecule has 3 aromatic rings. The van der Waals surface area contributed by atoms with Gasteiger partial charge in [0.05, 0.1) is 11.8 Å². The maximum absolute atomic E-state index is 14.1. The first-order valence-corrected chi connectivity index (χ1v) is 8.44. The zero-order chi connectivity index (χ0) is 19.2. The van der Waals surface area contributed by atoms with E-state index in [9.17, 15) is 13.2 Å². The van der Waals surface area contributed by atoms with Gasteiger partial charge in [-0.25, -0.2) is 4.98 Å². The molecular weight excluding hydrogens is 385 g/mol. The van der Waals surface area contributed by atoms with E-state index in [1.165, 1.54) is 17.1 Å². The molecule has 0 aromatic carbocycles. The fourth-order valence-electron chi connectivity index (χ4n) is 3.17. The van der Waals surface area contributed by atoms with Gasteiger partial charge in [0, 0.05) is 26.3 Å². The summed E-state index contributed by atoms with van der Waals surface area (Å²) in [7, 11) is 1.60. The first-order chi connectivity index (χ1) is 12.8. The Morgan fingerprint density at radius 2 is 2.11 bits per heavy atom.